The highest BCUT2D eigenvalue weighted by atomic mass is 16.4. The average molecular weight is 483 g/mol. The molecule has 182 valence electrons. The van der Waals surface area contributed by atoms with E-state index in [0.717, 1.165) is 40.8 Å². The van der Waals surface area contributed by atoms with Crippen LogP contribution in [0.15, 0.2) is 71.5 Å². The van der Waals surface area contributed by atoms with Crippen molar-refractivity contribution in [2.45, 2.75) is 33.2 Å². The van der Waals surface area contributed by atoms with E-state index in [9.17, 15) is 19.8 Å². The number of aryl methyl sites for hydroxylation is 2. The van der Waals surface area contributed by atoms with E-state index in [1.54, 1.807) is 25.1 Å². The summed E-state index contributed by atoms with van der Waals surface area (Å²) in [6.07, 6.45) is 1.72. The Kier molecular flexibility index (Phi) is 5.93. The van der Waals surface area contributed by atoms with Gasteiger partial charge in [-0.1, -0.05) is 49.4 Å². The lowest BCUT2D eigenvalue weighted by Crippen LogP contribution is -2.14. The van der Waals surface area contributed by atoms with Crippen molar-refractivity contribution in [3.63, 3.8) is 0 Å². The number of hydrogen-bond donors (Lipinski definition) is 3. The van der Waals surface area contributed by atoms with Crippen LogP contribution in [0.4, 0.5) is 0 Å². The fourth-order valence-electron chi connectivity index (χ4n) is 4.56. The van der Waals surface area contributed by atoms with Crippen LogP contribution in [0.1, 0.15) is 40.8 Å². The number of aromatic nitrogens is 4. The first-order valence-corrected chi connectivity index (χ1v) is 11.8. The highest BCUT2D eigenvalue weighted by Gasteiger charge is 2.16. The Morgan fingerprint density at radius 3 is 2.47 bits per heavy atom. The molecule has 3 N–H and O–H groups in total. The molecule has 0 unspecified atom stereocenters. The summed E-state index contributed by atoms with van der Waals surface area (Å²) < 4.78 is 3.38. The highest BCUT2D eigenvalue weighted by Crippen LogP contribution is 2.27. The van der Waals surface area contributed by atoms with Crippen molar-refractivity contribution in [2.75, 3.05) is 0 Å². The maximum absolute atomic E-state index is 12.4. The Labute approximate surface area is 207 Å². The van der Waals surface area contributed by atoms with E-state index < -0.39 is 11.7 Å². The van der Waals surface area contributed by atoms with Gasteiger partial charge < -0.3 is 19.8 Å². The SMILES string of the molecule is CCCc1nc2ccc(-n3c(O)c(C)[nH]c3=O)cc2n1Cc1ccc(-c2ccccc2C(=O)O)cc1. The number of nitrogens with one attached hydrogen (secondary N) is 1. The van der Waals surface area contributed by atoms with Crippen LogP contribution < -0.4 is 5.69 Å². The maximum Gasteiger partial charge on any atom is 0.336 e. The molecular weight excluding hydrogens is 456 g/mol. The van der Waals surface area contributed by atoms with Gasteiger partial charge in [-0.15, -0.1) is 0 Å². The summed E-state index contributed by atoms with van der Waals surface area (Å²) in [5.41, 5.74) is 5.04. The lowest BCUT2D eigenvalue weighted by Gasteiger charge is -2.12. The van der Waals surface area contributed by atoms with E-state index in [1.807, 2.05) is 48.5 Å². The zero-order valence-corrected chi connectivity index (χ0v) is 20.0. The zero-order chi connectivity index (χ0) is 25.4. The molecule has 3 aromatic carbocycles. The number of fused-ring (bicyclic) bond motifs is 1. The minimum absolute atomic E-state index is 0.114. The Balaban J connectivity index is 1.55. The molecule has 0 atom stereocenters. The van der Waals surface area contributed by atoms with Crippen LogP contribution in [0.3, 0.4) is 0 Å². The number of aromatic carboxylic acids is 1. The third-order valence-corrected chi connectivity index (χ3v) is 6.35. The summed E-state index contributed by atoms with van der Waals surface area (Å²) in [6.45, 7) is 4.31. The van der Waals surface area contributed by atoms with Crippen LogP contribution in [-0.4, -0.2) is 35.3 Å². The molecule has 0 aliphatic carbocycles. The molecule has 0 saturated heterocycles. The van der Waals surface area contributed by atoms with Crippen molar-refractivity contribution < 1.29 is 15.0 Å². The van der Waals surface area contributed by atoms with Gasteiger partial charge in [-0.05, 0) is 54.3 Å². The van der Waals surface area contributed by atoms with Crippen LogP contribution in [0, 0.1) is 6.92 Å². The molecule has 5 aromatic rings. The van der Waals surface area contributed by atoms with Gasteiger partial charge in [-0.2, -0.15) is 0 Å². The molecular formula is C28H26N4O4. The molecule has 0 aliphatic rings. The molecule has 0 saturated carbocycles. The Morgan fingerprint density at radius 1 is 1.06 bits per heavy atom. The Bertz CT molecular complexity index is 1640. The summed E-state index contributed by atoms with van der Waals surface area (Å²) >= 11 is 0. The fourth-order valence-corrected chi connectivity index (χ4v) is 4.56. The predicted molar refractivity (Wildman–Crippen MR) is 138 cm³/mol. The molecule has 8 nitrogen and oxygen atoms in total. The molecule has 0 spiro atoms. The van der Waals surface area contributed by atoms with Crippen LogP contribution in [-0.2, 0) is 13.0 Å². The van der Waals surface area contributed by atoms with Crippen molar-refractivity contribution in [3.8, 4) is 22.7 Å². The molecule has 2 aromatic heterocycles. The van der Waals surface area contributed by atoms with Gasteiger partial charge in [0, 0.05) is 13.0 Å². The Morgan fingerprint density at radius 2 is 1.81 bits per heavy atom. The van der Waals surface area contributed by atoms with Gasteiger partial charge in [0.1, 0.15) is 5.82 Å². The number of benzene rings is 3. The summed E-state index contributed by atoms with van der Waals surface area (Å²) in [7, 11) is 0. The third kappa shape index (κ3) is 4.07. The number of rotatable bonds is 7. The predicted octanol–water partition coefficient (Wildman–Crippen LogP) is 4.90. The van der Waals surface area contributed by atoms with Gasteiger partial charge in [-0.25, -0.2) is 19.1 Å². The second kappa shape index (κ2) is 9.22. The largest absolute Gasteiger partial charge is 0.493 e. The highest BCUT2D eigenvalue weighted by molar-refractivity contribution is 5.96. The van der Waals surface area contributed by atoms with Gasteiger partial charge in [0.2, 0.25) is 5.88 Å². The topological polar surface area (TPSA) is 113 Å². The second-order valence-electron chi connectivity index (χ2n) is 8.80. The number of carbonyl (C=O) groups is 1. The monoisotopic (exact) mass is 482 g/mol. The first-order valence-electron chi connectivity index (χ1n) is 11.8. The number of imidazole rings is 2. The normalized spacial score (nSPS) is 11.3. The van der Waals surface area contributed by atoms with Gasteiger partial charge in [-0.3, -0.25) is 0 Å². The number of nitrogens with zero attached hydrogens (tertiary/aromatic N) is 3. The van der Waals surface area contributed by atoms with Gasteiger partial charge in [0.25, 0.3) is 0 Å². The number of carboxylic acids is 1. The van der Waals surface area contributed by atoms with Gasteiger partial charge in [0.15, 0.2) is 0 Å². The lowest BCUT2D eigenvalue weighted by molar-refractivity contribution is 0.0697. The van der Waals surface area contributed by atoms with E-state index >= 15 is 0 Å². The van der Waals surface area contributed by atoms with E-state index in [-0.39, 0.29) is 11.4 Å². The fraction of sp³-hybridized carbons (Fsp3) is 0.179. The molecule has 8 heteroatoms. The van der Waals surface area contributed by atoms with Crippen molar-refractivity contribution in [3.05, 3.63) is 99.9 Å². The summed E-state index contributed by atoms with van der Waals surface area (Å²) in [6, 6.07) is 20.3. The molecule has 2 heterocycles. The third-order valence-electron chi connectivity index (χ3n) is 6.35. The van der Waals surface area contributed by atoms with Crippen molar-refractivity contribution in [1.82, 2.24) is 19.1 Å². The lowest BCUT2D eigenvalue weighted by atomic mass is 9.99. The van der Waals surface area contributed by atoms with E-state index in [0.29, 0.717) is 23.5 Å². The maximum atomic E-state index is 12.4. The van der Waals surface area contributed by atoms with Gasteiger partial charge in [0.05, 0.1) is 28.0 Å². The second-order valence-corrected chi connectivity index (χ2v) is 8.80. The smallest absolute Gasteiger partial charge is 0.336 e. The quantitative estimate of drug-likeness (QED) is 0.306. The Hall–Kier alpha value is -4.59. The molecule has 0 fully saturated rings. The van der Waals surface area contributed by atoms with E-state index in [4.69, 9.17) is 4.98 Å². The minimum Gasteiger partial charge on any atom is -0.493 e. The van der Waals surface area contributed by atoms with Gasteiger partial charge >= 0.3 is 11.7 Å². The first-order chi connectivity index (χ1) is 17.4. The van der Waals surface area contributed by atoms with Crippen LogP contribution in [0.5, 0.6) is 5.88 Å². The van der Waals surface area contributed by atoms with Crippen molar-refractivity contribution in [2.24, 2.45) is 0 Å². The molecule has 0 bridgehead atoms. The number of H-pyrrole nitrogens is 1. The first kappa shape index (κ1) is 23.2. The number of carboxylic acid groups (broad SMARTS) is 1. The molecule has 0 amide bonds. The summed E-state index contributed by atoms with van der Waals surface area (Å²) in [4.78, 5) is 31.5. The van der Waals surface area contributed by atoms with E-state index in [2.05, 4.69) is 16.5 Å². The average Bonchev–Trinajstić information content (AvgIpc) is 3.34. The summed E-state index contributed by atoms with van der Waals surface area (Å²) in [5, 5.41) is 19.9. The number of aromatic amines is 1. The van der Waals surface area contributed by atoms with E-state index in [1.165, 1.54) is 4.57 Å². The molecule has 36 heavy (non-hydrogen) atoms. The molecule has 5 rings (SSSR count). The van der Waals surface area contributed by atoms with Crippen LogP contribution in [0.25, 0.3) is 27.8 Å². The zero-order valence-electron chi connectivity index (χ0n) is 20.0. The summed E-state index contributed by atoms with van der Waals surface area (Å²) in [5.74, 6) is -0.134. The van der Waals surface area contributed by atoms with Crippen LogP contribution in [0.2, 0.25) is 0 Å². The van der Waals surface area contributed by atoms with Crippen molar-refractivity contribution in [1.29, 1.82) is 0 Å². The number of aromatic hydroxyl groups is 1. The number of hydrogen-bond acceptors (Lipinski definition) is 4. The standard InChI is InChI=1S/C28H26N4O4/c1-3-6-25-30-23-14-13-20(32-26(33)17(2)29-28(32)36)15-24(23)31(25)16-18-9-11-19(12-10-18)21-7-4-5-8-22(21)27(34)35/h4-5,7-15,33H,3,6,16H2,1-2H3,(H,29,36)(H,34,35). The van der Waals surface area contributed by atoms with Crippen molar-refractivity contribution >= 4 is 17.0 Å². The molecule has 0 radical (unpaired) electrons. The molecule has 0 aliphatic heterocycles. The van der Waals surface area contributed by atoms with Crippen LogP contribution >= 0.6 is 0 Å². The minimum atomic E-state index is -0.956.